The van der Waals surface area contributed by atoms with Crippen molar-refractivity contribution in [3.8, 4) is 0 Å². The van der Waals surface area contributed by atoms with Crippen LogP contribution in [0.3, 0.4) is 0 Å². The zero-order valence-electron chi connectivity index (χ0n) is 25.7. The van der Waals surface area contributed by atoms with Crippen LogP contribution in [0.2, 0.25) is 0 Å². The molecule has 1 aliphatic heterocycles. The molecule has 1 heterocycles. The molecule has 236 valence electrons. The minimum atomic E-state index is -0.700. The van der Waals surface area contributed by atoms with Crippen molar-refractivity contribution in [2.24, 2.45) is 64.1 Å². The van der Waals surface area contributed by atoms with Gasteiger partial charge in [0.05, 0.1) is 16.4 Å². The van der Waals surface area contributed by atoms with E-state index in [1.165, 1.54) is 25.7 Å². The van der Waals surface area contributed by atoms with Crippen LogP contribution in [-0.2, 0) is 28.5 Å². The molecule has 13 rings (SSSR count). The third kappa shape index (κ3) is 4.01. The second-order valence-electron chi connectivity index (χ2n) is 18.2. The highest BCUT2D eigenvalue weighted by Crippen LogP contribution is 2.64. The van der Waals surface area contributed by atoms with Crippen LogP contribution in [0.4, 0.5) is 0 Å². The summed E-state index contributed by atoms with van der Waals surface area (Å²) in [4.78, 5) is 27.6. The van der Waals surface area contributed by atoms with Gasteiger partial charge in [0.15, 0.2) is 5.79 Å². The molecule has 43 heavy (non-hydrogen) atoms. The molecule has 0 amide bonds. The van der Waals surface area contributed by atoms with Crippen LogP contribution in [-0.4, -0.2) is 53.9 Å². The molecular weight excluding hydrogens is 544 g/mol. The molecule has 0 aromatic rings. The molecule has 4 unspecified atom stereocenters. The van der Waals surface area contributed by atoms with Gasteiger partial charge in [-0.2, -0.15) is 0 Å². The van der Waals surface area contributed by atoms with Crippen molar-refractivity contribution < 1.29 is 33.6 Å². The molecule has 12 saturated carbocycles. The summed E-state index contributed by atoms with van der Waals surface area (Å²) >= 11 is 0. The van der Waals surface area contributed by atoms with Crippen molar-refractivity contribution in [3.63, 3.8) is 0 Å². The molecule has 7 nitrogen and oxygen atoms in total. The Bertz CT molecular complexity index is 1130. The van der Waals surface area contributed by atoms with Crippen LogP contribution in [0, 0.1) is 64.1 Å². The number of esters is 2. The highest BCUT2D eigenvalue weighted by Gasteiger charge is 2.65. The largest absolute Gasteiger partial charge is 0.462 e. The van der Waals surface area contributed by atoms with Gasteiger partial charge in [-0.15, -0.1) is 0 Å². The summed E-state index contributed by atoms with van der Waals surface area (Å²) in [6.45, 7) is 0.327. The van der Waals surface area contributed by atoms with Gasteiger partial charge in [0, 0.05) is 11.8 Å². The van der Waals surface area contributed by atoms with E-state index in [1.807, 2.05) is 0 Å². The molecule has 1 saturated heterocycles. The smallest absolute Gasteiger partial charge is 0.312 e. The Hall–Kier alpha value is -1.18. The topological polar surface area (TPSA) is 91.3 Å². The van der Waals surface area contributed by atoms with Crippen molar-refractivity contribution in [2.75, 3.05) is 13.2 Å². The Balaban J connectivity index is 0.871. The molecule has 12 bridgehead atoms. The van der Waals surface area contributed by atoms with E-state index < -0.39 is 29.0 Å². The summed E-state index contributed by atoms with van der Waals surface area (Å²) in [5.74, 6) is 4.46. The Labute approximate surface area is 255 Å². The maximum Gasteiger partial charge on any atom is 0.312 e. The molecule has 1 N–H and O–H groups in total. The molecule has 0 radical (unpaired) electrons. The summed E-state index contributed by atoms with van der Waals surface area (Å²) in [5, 5.41) is 11.2. The van der Waals surface area contributed by atoms with E-state index in [-0.39, 0.29) is 30.6 Å². The van der Waals surface area contributed by atoms with Crippen molar-refractivity contribution >= 4 is 11.9 Å². The third-order valence-electron chi connectivity index (χ3n) is 15.1. The van der Waals surface area contributed by atoms with Gasteiger partial charge in [0.1, 0.15) is 25.4 Å². The van der Waals surface area contributed by atoms with Crippen LogP contribution in [0.5, 0.6) is 0 Å². The van der Waals surface area contributed by atoms with Gasteiger partial charge in [-0.1, -0.05) is 0 Å². The molecule has 1 spiro atoms. The first-order valence-corrected chi connectivity index (χ1v) is 18.1. The van der Waals surface area contributed by atoms with E-state index in [0.29, 0.717) is 47.8 Å². The van der Waals surface area contributed by atoms with Crippen LogP contribution in [0.15, 0.2) is 0 Å². The lowest BCUT2D eigenvalue weighted by Crippen LogP contribution is -2.59. The van der Waals surface area contributed by atoms with E-state index in [0.717, 1.165) is 88.9 Å². The zero-order valence-corrected chi connectivity index (χ0v) is 25.7. The Kier molecular flexibility index (Phi) is 5.65. The second kappa shape index (κ2) is 9.00. The van der Waals surface area contributed by atoms with Crippen LogP contribution >= 0.6 is 0 Å². The molecular formula is C36H50O7. The number of aliphatic hydroxyl groups is 1. The number of carbonyl (C=O) groups excluding carboxylic acids is 2. The quantitative estimate of drug-likeness (QED) is 0.403. The van der Waals surface area contributed by atoms with Crippen molar-refractivity contribution in [3.05, 3.63) is 0 Å². The number of hydrogen-bond acceptors (Lipinski definition) is 7. The number of carbonyl (C=O) groups is 2. The van der Waals surface area contributed by atoms with Crippen molar-refractivity contribution in [2.45, 2.75) is 133 Å². The van der Waals surface area contributed by atoms with Gasteiger partial charge in [-0.25, -0.2) is 0 Å². The molecule has 12 aliphatic carbocycles. The van der Waals surface area contributed by atoms with Gasteiger partial charge in [-0.3, -0.25) is 9.59 Å². The normalized spacial score (nSPS) is 58.0. The molecule has 4 atom stereocenters. The fourth-order valence-corrected chi connectivity index (χ4v) is 14.6. The number of hydrogen-bond donors (Lipinski definition) is 1. The van der Waals surface area contributed by atoms with Gasteiger partial charge in [0.25, 0.3) is 0 Å². The highest BCUT2D eigenvalue weighted by atomic mass is 16.8. The maximum atomic E-state index is 13.8. The molecule has 7 heteroatoms. The summed E-state index contributed by atoms with van der Waals surface area (Å²) in [6.07, 6.45) is 17.1. The van der Waals surface area contributed by atoms with Crippen LogP contribution in [0.1, 0.15) is 109 Å². The number of ether oxygens (including phenoxy) is 4. The van der Waals surface area contributed by atoms with E-state index in [9.17, 15) is 14.7 Å². The SMILES string of the molecule is O=C(OCC1OC2(OC1COC(=O)C13CC4CC(CC(O)(C4)C1)C3)C1CC3CC(C1)CC2C3)C12CC3CC(CC(C3)C1)C2. The van der Waals surface area contributed by atoms with E-state index in [2.05, 4.69) is 0 Å². The van der Waals surface area contributed by atoms with E-state index in [1.54, 1.807) is 0 Å². The average molecular weight is 595 g/mol. The standard InChI is InChI=1S/C36H50O7/c37-31(33-10-22-2-23(11-33)4-24(3-22)12-33)40-17-29-30(43-36(42-29)27-6-20-1-21(8-27)9-28(36)7-20)18-41-32(38)34-13-25-5-26(14-34)16-35(39,15-25)19-34/h20-30,39H,1-19H2. The molecule has 0 aromatic carbocycles. The van der Waals surface area contributed by atoms with Gasteiger partial charge in [0.2, 0.25) is 0 Å². The second-order valence-corrected chi connectivity index (χ2v) is 18.2. The van der Waals surface area contributed by atoms with Crippen molar-refractivity contribution in [1.82, 2.24) is 0 Å². The predicted octanol–water partition coefficient (Wildman–Crippen LogP) is 5.56. The summed E-state index contributed by atoms with van der Waals surface area (Å²) in [5.41, 5.74) is -1.55. The van der Waals surface area contributed by atoms with Crippen molar-refractivity contribution in [1.29, 1.82) is 0 Å². The lowest BCUT2D eigenvalue weighted by molar-refractivity contribution is -0.301. The van der Waals surface area contributed by atoms with Crippen LogP contribution in [0.25, 0.3) is 0 Å². The minimum Gasteiger partial charge on any atom is -0.462 e. The Morgan fingerprint density at radius 2 is 0.977 bits per heavy atom. The summed E-state index contributed by atoms with van der Waals surface area (Å²) in [6, 6.07) is 0. The fourth-order valence-electron chi connectivity index (χ4n) is 14.6. The van der Waals surface area contributed by atoms with Gasteiger partial charge in [-0.05, 0) is 151 Å². The lowest BCUT2D eigenvalue weighted by atomic mass is 9.48. The first-order chi connectivity index (χ1) is 20.7. The number of rotatable bonds is 6. The minimum absolute atomic E-state index is 0.0150. The van der Waals surface area contributed by atoms with E-state index in [4.69, 9.17) is 18.9 Å². The molecule has 13 fully saturated rings. The first-order valence-electron chi connectivity index (χ1n) is 18.1. The first kappa shape index (κ1) is 27.0. The Morgan fingerprint density at radius 3 is 1.47 bits per heavy atom. The highest BCUT2D eigenvalue weighted by molar-refractivity contribution is 5.78. The van der Waals surface area contributed by atoms with Gasteiger partial charge < -0.3 is 24.1 Å². The zero-order chi connectivity index (χ0) is 28.8. The fraction of sp³-hybridized carbons (Fsp3) is 0.944. The third-order valence-corrected chi connectivity index (χ3v) is 15.1. The molecule has 13 aliphatic rings. The summed E-state index contributed by atoms with van der Waals surface area (Å²) < 4.78 is 26.4. The average Bonchev–Trinajstić information content (AvgIpc) is 3.30. The Morgan fingerprint density at radius 1 is 0.558 bits per heavy atom. The van der Waals surface area contributed by atoms with Gasteiger partial charge >= 0.3 is 11.9 Å². The lowest BCUT2D eigenvalue weighted by Gasteiger charge is -2.58. The monoisotopic (exact) mass is 594 g/mol. The predicted molar refractivity (Wildman–Crippen MR) is 154 cm³/mol. The van der Waals surface area contributed by atoms with Crippen LogP contribution < -0.4 is 0 Å². The summed E-state index contributed by atoms with van der Waals surface area (Å²) in [7, 11) is 0. The maximum absolute atomic E-state index is 13.8. The van der Waals surface area contributed by atoms with E-state index >= 15 is 0 Å². The molecule has 0 aromatic heterocycles.